The van der Waals surface area contributed by atoms with Gasteiger partial charge in [-0.05, 0) is 61.9 Å². The van der Waals surface area contributed by atoms with E-state index in [2.05, 4.69) is 31.5 Å². The van der Waals surface area contributed by atoms with Gasteiger partial charge in [0.15, 0.2) is 10.9 Å². The number of aromatic nitrogens is 1. The van der Waals surface area contributed by atoms with Gasteiger partial charge in [-0.3, -0.25) is 0 Å². The number of halogens is 2. The van der Waals surface area contributed by atoms with Gasteiger partial charge >= 0.3 is 0 Å². The number of thiocarbonyl (C=S) groups is 1. The maximum absolute atomic E-state index is 6.07. The second-order valence-electron chi connectivity index (χ2n) is 4.72. The van der Waals surface area contributed by atoms with Crippen LogP contribution in [0.1, 0.15) is 26.5 Å². The summed E-state index contributed by atoms with van der Waals surface area (Å²) in [5.41, 5.74) is 0.761. The van der Waals surface area contributed by atoms with Crippen LogP contribution in [0.15, 0.2) is 10.5 Å². The average Bonchev–Trinajstić information content (AvgIpc) is 2.11. The molecule has 1 heterocycles. The van der Waals surface area contributed by atoms with Crippen molar-refractivity contribution in [2.75, 3.05) is 5.32 Å². The first kappa shape index (κ1) is 14.7. The van der Waals surface area contributed by atoms with Crippen molar-refractivity contribution in [2.24, 2.45) is 0 Å². The number of hydrogen-bond acceptors (Lipinski definition) is 2. The number of nitrogens with one attached hydrogen (secondary N) is 2. The van der Waals surface area contributed by atoms with Gasteiger partial charge in [0, 0.05) is 10.0 Å². The lowest BCUT2D eigenvalue weighted by atomic mass is 10.1. The highest BCUT2D eigenvalue weighted by Crippen LogP contribution is 2.25. The highest BCUT2D eigenvalue weighted by atomic mass is 79.9. The molecule has 1 rings (SSSR count). The van der Waals surface area contributed by atoms with E-state index < -0.39 is 0 Å². The third-order valence-corrected chi connectivity index (χ3v) is 3.12. The molecule has 0 amide bonds. The van der Waals surface area contributed by atoms with Crippen LogP contribution in [0.25, 0.3) is 0 Å². The molecule has 94 valence electrons. The molecular formula is C11H15BrClN3S. The SMILES string of the molecule is Cc1nc(NC(=S)NC(C)(C)C)c(Cl)cc1Br. The van der Waals surface area contributed by atoms with Crippen LogP contribution in [0.5, 0.6) is 0 Å². The van der Waals surface area contributed by atoms with E-state index in [1.54, 1.807) is 6.07 Å². The zero-order chi connectivity index (χ0) is 13.2. The van der Waals surface area contributed by atoms with Gasteiger partial charge in [0.25, 0.3) is 0 Å². The maximum atomic E-state index is 6.07. The predicted molar refractivity (Wildman–Crippen MR) is 80.8 cm³/mol. The second-order valence-corrected chi connectivity index (χ2v) is 6.38. The van der Waals surface area contributed by atoms with Crippen LogP contribution in [0.3, 0.4) is 0 Å². The van der Waals surface area contributed by atoms with E-state index in [0.29, 0.717) is 16.0 Å². The van der Waals surface area contributed by atoms with Gasteiger partial charge in [-0.2, -0.15) is 0 Å². The minimum Gasteiger partial charge on any atom is -0.358 e. The molecule has 0 aliphatic rings. The van der Waals surface area contributed by atoms with E-state index in [9.17, 15) is 0 Å². The largest absolute Gasteiger partial charge is 0.358 e. The Bertz CT molecular complexity index is 443. The molecule has 17 heavy (non-hydrogen) atoms. The van der Waals surface area contributed by atoms with Crippen molar-refractivity contribution in [3.05, 3.63) is 21.3 Å². The summed E-state index contributed by atoms with van der Waals surface area (Å²) in [5, 5.41) is 7.17. The van der Waals surface area contributed by atoms with E-state index in [-0.39, 0.29) is 5.54 Å². The second kappa shape index (κ2) is 5.50. The van der Waals surface area contributed by atoms with Crippen LogP contribution >= 0.6 is 39.7 Å². The summed E-state index contributed by atoms with van der Waals surface area (Å²) in [5.74, 6) is 0.564. The van der Waals surface area contributed by atoms with Gasteiger partial charge in [-0.1, -0.05) is 11.6 Å². The highest BCUT2D eigenvalue weighted by Gasteiger charge is 2.13. The van der Waals surface area contributed by atoms with Gasteiger partial charge in [0.1, 0.15) is 0 Å². The molecule has 6 heteroatoms. The third kappa shape index (κ3) is 4.77. The van der Waals surface area contributed by atoms with Crippen molar-refractivity contribution >= 4 is 50.7 Å². The van der Waals surface area contributed by atoms with Crippen LogP contribution in [0, 0.1) is 6.92 Å². The van der Waals surface area contributed by atoms with Crippen molar-refractivity contribution in [3.8, 4) is 0 Å². The molecule has 0 spiro atoms. The molecule has 0 aliphatic carbocycles. The number of rotatable bonds is 1. The highest BCUT2D eigenvalue weighted by molar-refractivity contribution is 9.10. The summed E-state index contributed by atoms with van der Waals surface area (Å²) >= 11 is 14.6. The molecule has 0 bridgehead atoms. The Kier molecular flexibility index (Phi) is 4.75. The van der Waals surface area contributed by atoms with Crippen LogP contribution in [-0.2, 0) is 0 Å². The van der Waals surface area contributed by atoms with Crippen LogP contribution in [0.2, 0.25) is 5.02 Å². The van der Waals surface area contributed by atoms with Crippen LogP contribution in [-0.4, -0.2) is 15.6 Å². The molecule has 1 aromatic heterocycles. The molecule has 0 fully saturated rings. The van der Waals surface area contributed by atoms with Crippen molar-refractivity contribution < 1.29 is 0 Å². The lowest BCUT2D eigenvalue weighted by molar-refractivity contribution is 0.515. The van der Waals surface area contributed by atoms with Crippen LogP contribution in [0.4, 0.5) is 5.82 Å². The van der Waals surface area contributed by atoms with Crippen molar-refractivity contribution in [3.63, 3.8) is 0 Å². The molecule has 0 aliphatic heterocycles. The van der Waals surface area contributed by atoms with Gasteiger partial charge in [0.05, 0.1) is 10.7 Å². The third-order valence-electron chi connectivity index (χ3n) is 1.83. The summed E-state index contributed by atoms with van der Waals surface area (Å²) in [6, 6.07) is 1.80. The summed E-state index contributed by atoms with van der Waals surface area (Å²) in [4.78, 5) is 4.32. The molecule has 1 aromatic rings. The van der Waals surface area contributed by atoms with Gasteiger partial charge < -0.3 is 10.6 Å². The lowest BCUT2D eigenvalue weighted by Crippen LogP contribution is -2.43. The van der Waals surface area contributed by atoms with Gasteiger partial charge in [-0.25, -0.2) is 4.98 Å². The van der Waals surface area contributed by atoms with E-state index in [1.807, 2.05) is 27.7 Å². The monoisotopic (exact) mass is 335 g/mol. The fourth-order valence-corrected chi connectivity index (χ4v) is 2.18. The number of anilines is 1. The van der Waals surface area contributed by atoms with Crippen molar-refractivity contribution in [2.45, 2.75) is 33.2 Å². The molecule has 0 unspecified atom stereocenters. The minimum atomic E-state index is -0.0963. The first-order valence-electron chi connectivity index (χ1n) is 5.11. The zero-order valence-corrected chi connectivity index (χ0v) is 13.3. The summed E-state index contributed by atoms with van der Waals surface area (Å²) < 4.78 is 0.878. The van der Waals surface area contributed by atoms with E-state index in [0.717, 1.165) is 10.2 Å². The first-order chi connectivity index (χ1) is 7.69. The molecule has 2 N–H and O–H groups in total. The molecular weight excluding hydrogens is 322 g/mol. The lowest BCUT2D eigenvalue weighted by Gasteiger charge is -2.23. The summed E-state index contributed by atoms with van der Waals surface area (Å²) in [6.07, 6.45) is 0. The summed E-state index contributed by atoms with van der Waals surface area (Å²) in [6.45, 7) is 7.99. The smallest absolute Gasteiger partial charge is 0.172 e. The Morgan fingerprint density at radius 2 is 2.06 bits per heavy atom. The molecule has 0 aromatic carbocycles. The number of nitrogens with zero attached hydrogens (tertiary/aromatic N) is 1. The fraction of sp³-hybridized carbons (Fsp3) is 0.455. The molecule has 0 saturated heterocycles. The van der Waals surface area contributed by atoms with Crippen molar-refractivity contribution in [1.82, 2.24) is 10.3 Å². The Hall–Kier alpha value is -0.390. The Balaban J connectivity index is 2.82. The molecule has 0 atom stereocenters. The predicted octanol–water partition coefficient (Wildman–Crippen LogP) is 3.89. The van der Waals surface area contributed by atoms with E-state index in [4.69, 9.17) is 23.8 Å². The number of hydrogen-bond donors (Lipinski definition) is 2. The Morgan fingerprint density at radius 3 is 2.59 bits per heavy atom. The normalized spacial score (nSPS) is 11.2. The summed E-state index contributed by atoms with van der Waals surface area (Å²) in [7, 11) is 0. The van der Waals surface area contributed by atoms with Crippen molar-refractivity contribution in [1.29, 1.82) is 0 Å². The van der Waals surface area contributed by atoms with E-state index in [1.165, 1.54) is 0 Å². The first-order valence-corrected chi connectivity index (χ1v) is 6.69. The average molecular weight is 337 g/mol. The maximum Gasteiger partial charge on any atom is 0.172 e. The number of pyridine rings is 1. The van der Waals surface area contributed by atoms with Gasteiger partial charge in [0.2, 0.25) is 0 Å². The quantitative estimate of drug-likeness (QED) is 0.763. The Labute approximate surface area is 120 Å². The Morgan fingerprint density at radius 1 is 1.47 bits per heavy atom. The van der Waals surface area contributed by atoms with E-state index >= 15 is 0 Å². The standard InChI is InChI=1S/C11H15BrClN3S/c1-6-7(12)5-8(13)9(14-6)15-10(17)16-11(2,3)4/h5H,1-4H3,(H2,14,15,16,17). The zero-order valence-electron chi connectivity index (χ0n) is 10.2. The number of aryl methyl sites for hydroxylation is 1. The molecule has 0 saturated carbocycles. The molecule has 3 nitrogen and oxygen atoms in total. The molecule has 0 radical (unpaired) electrons. The minimum absolute atomic E-state index is 0.0963. The topological polar surface area (TPSA) is 37.0 Å². The van der Waals surface area contributed by atoms with Gasteiger partial charge in [-0.15, -0.1) is 0 Å². The van der Waals surface area contributed by atoms with Crippen LogP contribution < -0.4 is 10.6 Å². The fourth-order valence-electron chi connectivity index (χ4n) is 1.13.